The van der Waals surface area contributed by atoms with Crippen molar-refractivity contribution >= 4 is 61.4 Å². The molecule has 0 aliphatic heterocycles. The lowest BCUT2D eigenvalue weighted by molar-refractivity contribution is -0.113. The number of amides is 2. The van der Waals surface area contributed by atoms with Gasteiger partial charge in [-0.05, 0) is 60.8 Å². The highest BCUT2D eigenvalue weighted by Crippen LogP contribution is 2.20. The first-order valence-corrected chi connectivity index (χ1v) is 13.5. The molecule has 2 amide bonds. The van der Waals surface area contributed by atoms with Gasteiger partial charge in [-0.25, -0.2) is 13.4 Å². The van der Waals surface area contributed by atoms with Crippen LogP contribution in [0.15, 0.2) is 88.2 Å². The fourth-order valence-electron chi connectivity index (χ4n) is 2.94. The molecule has 0 saturated carbocycles. The third kappa shape index (κ3) is 6.41. The van der Waals surface area contributed by atoms with Gasteiger partial charge in [-0.2, -0.15) is 0 Å². The van der Waals surface area contributed by atoms with Gasteiger partial charge < -0.3 is 10.6 Å². The summed E-state index contributed by atoms with van der Waals surface area (Å²) in [6.07, 6.45) is 3.09. The Labute approximate surface area is 210 Å². The lowest BCUT2D eigenvalue weighted by Crippen LogP contribution is -2.30. The molecule has 0 bridgehead atoms. The highest BCUT2D eigenvalue weighted by molar-refractivity contribution is 7.93. The number of carbonyl (C=O) groups is 2. The molecule has 0 unspecified atom stereocenters. The van der Waals surface area contributed by atoms with Crippen molar-refractivity contribution in [2.24, 2.45) is 0 Å². The molecule has 8 nitrogen and oxygen atoms in total. The standard InChI is InChI=1S/C24H20N4O4S3/c1-16-4-6-17(7-5-16)22(29)27-21(15-19-3-2-13-33-19)23(30)26-18-8-10-20(11-9-18)35(31,32)28-24-25-12-14-34-24/h2-15H,1H3,(H,25,28)(H,26,30)(H,27,29)/b21-15-. The summed E-state index contributed by atoms with van der Waals surface area (Å²) in [7, 11) is -3.81. The molecule has 0 aliphatic rings. The van der Waals surface area contributed by atoms with E-state index in [1.807, 2.05) is 36.6 Å². The lowest BCUT2D eigenvalue weighted by atomic mass is 10.1. The number of aryl methyl sites for hydroxylation is 1. The summed E-state index contributed by atoms with van der Waals surface area (Å²) in [5.74, 6) is -0.965. The quantitative estimate of drug-likeness (QED) is 0.288. The number of sulfonamides is 1. The fourth-order valence-corrected chi connectivity index (χ4v) is 5.38. The average molecular weight is 525 g/mol. The zero-order chi connectivity index (χ0) is 24.8. The number of hydrogen-bond acceptors (Lipinski definition) is 7. The maximum absolute atomic E-state index is 13.0. The monoisotopic (exact) mass is 524 g/mol. The molecule has 0 spiro atoms. The van der Waals surface area contributed by atoms with Crippen molar-refractivity contribution in [3.05, 3.63) is 99.3 Å². The first-order valence-electron chi connectivity index (χ1n) is 10.3. The Hall–Kier alpha value is -3.80. The van der Waals surface area contributed by atoms with E-state index in [0.29, 0.717) is 11.3 Å². The van der Waals surface area contributed by atoms with Crippen LogP contribution < -0.4 is 15.4 Å². The van der Waals surface area contributed by atoms with E-state index < -0.39 is 21.8 Å². The third-order valence-electron chi connectivity index (χ3n) is 4.71. The van der Waals surface area contributed by atoms with E-state index in [1.165, 1.54) is 53.1 Å². The molecule has 2 heterocycles. The number of thiazole rings is 1. The van der Waals surface area contributed by atoms with Crippen LogP contribution in [0.4, 0.5) is 10.8 Å². The van der Waals surface area contributed by atoms with Crippen LogP contribution in [0.5, 0.6) is 0 Å². The predicted molar refractivity (Wildman–Crippen MR) is 139 cm³/mol. The van der Waals surface area contributed by atoms with Gasteiger partial charge >= 0.3 is 0 Å². The topological polar surface area (TPSA) is 117 Å². The normalized spacial score (nSPS) is 11.6. The van der Waals surface area contributed by atoms with Crippen LogP contribution in [0, 0.1) is 6.92 Å². The van der Waals surface area contributed by atoms with Gasteiger partial charge in [0.15, 0.2) is 5.13 Å². The van der Waals surface area contributed by atoms with Gasteiger partial charge in [-0.3, -0.25) is 14.3 Å². The second-order valence-electron chi connectivity index (χ2n) is 7.31. The zero-order valence-electron chi connectivity index (χ0n) is 18.4. The number of aromatic nitrogens is 1. The van der Waals surface area contributed by atoms with Crippen LogP contribution in [0.25, 0.3) is 6.08 Å². The van der Waals surface area contributed by atoms with Crippen molar-refractivity contribution in [2.75, 3.05) is 10.0 Å². The van der Waals surface area contributed by atoms with Crippen LogP contribution in [0.3, 0.4) is 0 Å². The van der Waals surface area contributed by atoms with Crippen LogP contribution in [-0.2, 0) is 14.8 Å². The van der Waals surface area contributed by atoms with Crippen LogP contribution in [-0.4, -0.2) is 25.2 Å². The van der Waals surface area contributed by atoms with Gasteiger partial charge in [0.1, 0.15) is 5.70 Å². The molecule has 0 radical (unpaired) electrons. The Kier molecular flexibility index (Phi) is 7.39. The van der Waals surface area contributed by atoms with E-state index in [4.69, 9.17) is 0 Å². The van der Waals surface area contributed by atoms with Gasteiger partial charge in [0, 0.05) is 27.7 Å². The number of nitrogens with one attached hydrogen (secondary N) is 3. The molecule has 2 aromatic heterocycles. The number of carbonyl (C=O) groups excluding carboxylic acids is 2. The van der Waals surface area contributed by atoms with E-state index in [1.54, 1.807) is 23.6 Å². The summed E-state index contributed by atoms with van der Waals surface area (Å²) in [6.45, 7) is 1.92. The number of anilines is 2. The molecular formula is C24H20N4O4S3. The second kappa shape index (κ2) is 10.6. The Morgan fingerprint density at radius 3 is 2.31 bits per heavy atom. The maximum Gasteiger partial charge on any atom is 0.272 e. The van der Waals surface area contributed by atoms with Crippen molar-refractivity contribution in [3.8, 4) is 0 Å². The number of benzene rings is 2. The Bertz CT molecular complexity index is 1440. The number of nitrogens with zero attached hydrogens (tertiary/aromatic N) is 1. The van der Waals surface area contributed by atoms with Gasteiger partial charge in [0.05, 0.1) is 4.90 Å². The molecule has 178 valence electrons. The maximum atomic E-state index is 13.0. The zero-order valence-corrected chi connectivity index (χ0v) is 20.8. The van der Waals surface area contributed by atoms with E-state index in [0.717, 1.165) is 10.4 Å². The highest BCUT2D eigenvalue weighted by Gasteiger charge is 2.18. The Balaban J connectivity index is 1.50. The summed E-state index contributed by atoms with van der Waals surface area (Å²) in [5.41, 5.74) is 1.86. The molecule has 11 heteroatoms. The average Bonchev–Trinajstić information content (AvgIpc) is 3.53. The molecule has 0 fully saturated rings. The molecule has 0 aliphatic carbocycles. The molecule has 2 aromatic carbocycles. The van der Waals surface area contributed by atoms with Crippen LogP contribution in [0.1, 0.15) is 20.8 Å². The van der Waals surface area contributed by atoms with Crippen LogP contribution in [0.2, 0.25) is 0 Å². The van der Waals surface area contributed by atoms with Crippen molar-refractivity contribution in [2.45, 2.75) is 11.8 Å². The third-order valence-corrected chi connectivity index (χ3v) is 7.70. The molecule has 4 rings (SSSR count). The largest absolute Gasteiger partial charge is 0.321 e. The number of hydrogen-bond donors (Lipinski definition) is 3. The van der Waals surface area contributed by atoms with Gasteiger partial charge in [-0.15, -0.1) is 22.7 Å². The molecule has 0 atom stereocenters. The predicted octanol–water partition coefficient (Wildman–Crippen LogP) is 4.72. The van der Waals surface area contributed by atoms with Gasteiger partial charge in [0.2, 0.25) is 0 Å². The van der Waals surface area contributed by atoms with E-state index in [2.05, 4.69) is 20.3 Å². The van der Waals surface area contributed by atoms with Crippen molar-refractivity contribution in [1.82, 2.24) is 10.3 Å². The fraction of sp³-hybridized carbons (Fsp3) is 0.0417. The Morgan fingerprint density at radius 2 is 1.69 bits per heavy atom. The lowest BCUT2D eigenvalue weighted by Gasteiger charge is -2.12. The molecular weight excluding hydrogens is 504 g/mol. The molecule has 3 N–H and O–H groups in total. The van der Waals surface area contributed by atoms with E-state index >= 15 is 0 Å². The van der Waals surface area contributed by atoms with Crippen molar-refractivity contribution in [3.63, 3.8) is 0 Å². The summed E-state index contributed by atoms with van der Waals surface area (Å²) >= 11 is 2.59. The number of rotatable bonds is 8. The summed E-state index contributed by atoms with van der Waals surface area (Å²) in [5, 5.41) is 9.16. The van der Waals surface area contributed by atoms with Gasteiger partial charge in [-0.1, -0.05) is 23.8 Å². The van der Waals surface area contributed by atoms with Crippen molar-refractivity contribution < 1.29 is 18.0 Å². The summed E-state index contributed by atoms with van der Waals surface area (Å²) < 4.78 is 27.4. The van der Waals surface area contributed by atoms with Crippen molar-refractivity contribution in [1.29, 1.82) is 0 Å². The molecule has 35 heavy (non-hydrogen) atoms. The van der Waals surface area contributed by atoms with E-state index in [-0.39, 0.29) is 15.7 Å². The second-order valence-corrected chi connectivity index (χ2v) is 10.9. The molecule has 4 aromatic rings. The summed E-state index contributed by atoms with van der Waals surface area (Å²) in [4.78, 5) is 30.5. The minimum atomic E-state index is -3.81. The first-order chi connectivity index (χ1) is 16.8. The minimum Gasteiger partial charge on any atom is -0.321 e. The number of thiophene rings is 1. The SMILES string of the molecule is Cc1ccc(C(=O)N/C(=C\c2cccs2)C(=O)Nc2ccc(S(=O)(=O)Nc3nccs3)cc2)cc1. The highest BCUT2D eigenvalue weighted by atomic mass is 32.2. The van der Waals surface area contributed by atoms with E-state index in [9.17, 15) is 18.0 Å². The van der Waals surface area contributed by atoms with Crippen LogP contribution >= 0.6 is 22.7 Å². The summed E-state index contributed by atoms with van der Waals surface area (Å²) in [6, 6.07) is 16.4. The minimum absolute atomic E-state index is 0.0210. The Morgan fingerprint density at radius 1 is 0.943 bits per heavy atom. The molecule has 0 saturated heterocycles. The smallest absolute Gasteiger partial charge is 0.272 e. The first kappa shape index (κ1) is 24.3. The van der Waals surface area contributed by atoms with Gasteiger partial charge in [0.25, 0.3) is 21.8 Å².